The smallest absolute Gasteiger partial charge is 0.193 e. The van der Waals surface area contributed by atoms with Gasteiger partial charge in [-0.1, -0.05) is 11.6 Å². The van der Waals surface area contributed by atoms with Crippen molar-refractivity contribution in [2.24, 2.45) is 0 Å². The van der Waals surface area contributed by atoms with E-state index in [0.29, 0.717) is 10.3 Å². The van der Waals surface area contributed by atoms with Crippen LogP contribution in [0.5, 0.6) is 0 Å². The summed E-state index contributed by atoms with van der Waals surface area (Å²) in [5, 5.41) is 9.84. The third-order valence-corrected chi connectivity index (χ3v) is 3.70. The number of rotatable bonds is 2. The van der Waals surface area contributed by atoms with Crippen LogP contribution in [0.25, 0.3) is 0 Å². The standard InChI is InChI=1S/C11H11ClN4S/c1-6-4-13-11(14-5-6)17-10-8(3)7(2)9(12)15-16-10/h4-5H,1-3H3. The van der Waals surface area contributed by atoms with Gasteiger partial charge in [0.1, 0.15) is 5.03 Å². The zero-order chi connectivity index (χ0) is 12.4. The van der Waals surface area contributed by atoms with Crippen molar-refractivity contribution in [2.75, 3.05) is 0 Å². The van der Waals surface area contributed by atoms with E-state index in [2.05, 4.69) is 20.2 Å². The highest BCUT2D eigenvalue weighted by Gasteiger charge is 2.10. The Morgan fingerprint density at radius 1 is 1.00 bits per heavy atom. The molecule has 0 bridgehead atoms. The first-order chi connectivity index (χ1) is 8.08. The van der Waals surface area contributed by atoms with E-state index in [4.69, 9.17) is 11.6 Å². The Kier molecular flexibility index (Phi) is 3.59. The maximum absolute atomic E-state index is 5.90. The molecule has 0 fully saturated rings. The van der Waals surface area contributed by atoms with Crippen LogP contribution < -0.4 is 0 Å². The fourth-order valence-corrected chi connectivity index (χ4v) is 2.12. The molecule has 88 valence electrons. The first-order valence-electron chi connectivity index (χ1n) is 5.04. The van der Waals surface area contributed by atoms with E-state index in [-0.39, 0.29) is 0 Å². The van der Waals surface area contributed by atoms with Crippen molar-refractivity contribution in [3.05, 3.63) is 34.2 Å². The molecule has 2 aromatic heterocycles. The highest BCUT2D eigenvalue weighted by Crippen LogP contribution is 2.28. The molecule has 0 aliphatic rings. The van der Waals surface area contributed by atoms with E-state index in [0.717, 1.165) is 21.7 Å². The summed E-state index contributed by atoms with van der Waals surface area (Å²) in [5.41, 5.74) is 2.99. The van der Waals surface area contributed by atoms with E-state index >= 15 is 0 Å². The van der Waals surface area contributed by atoms with E-state index in [1.165, 1.54) is 11.8 Å². The largest absolute Gasteiger partial charge is 0.231 e. The average molecular weight is 267 g/mol. The Morgan fingerprint density at radius 2 is 1.65 bits per heavy atom. The zero-order valence-corrected chi connectivity index (χ0v) is 11.3. The molecule has 2 rings (SSSR count). The van der Waals surface area contributed by atoms with Crippen molar-refractivity contribution in [3.8, 4) is 0 Å². The average Bonchev–Trinajstić information content (AvgIpc) is 2.33. The normalized spacial score (nSPS) is 10.6. The molecule has 0 saturated carbocycles. The lowest BCUT2D eigenvalue weighted by atomic mass is 10.2. The van der Waals surface area contributed by atoms with Gasteiger partial charge in [0.25, 0.3) is 0 Å². The molecule has 17 heavy (non-hydrogen) atoms. The van der Waals surface area contributed by atoms with Gasteiger partial charge in [-0.2, -0.15) is 0 Å². The quantitative estimate of drug-likeness (QED) is 0.782. The molecule has 0 aliphatic carbocycles. The van der Waals surface area contributed by atoms with Gasteiger partial charge in [-0.05, 0) is 49.2 Å². The first kappa shape index (κ1) is 12.3. The molecule has 0 amide bonds. The van der Waals surface area contributed by atoms with Crippen molar-refractivity contribution in [3.63, 3.8) is 0 Å². The fraction of sp³-hybridized carbons (Fsp3) is 0.273. The third kappa shape index (κ3) is 2.73. The zero-order valence-electron chi connectivity index (χ0n) is 9.73. The van der Waals surface area contributed by atoms with Crippen LogP contribution in [0.3, 0.4) is 0 Å². The SMILES string of the molecule is Cc1cnc(Sc2nnc(Cl)c(C)c2C)nc1. The Hall–Kier alpha value is -1.20. The Bertz CT molecular complexity index is 542. The number of aryl methyl sites for hydroxylation is 1. The van der Waals surface area contributed by atoms with Gasteiger partial charge in [0.2, 0.25) is 0 Å². The van der Waals surface area contributed by atoms with Crippen LogP contribution in [-0.4, -0.2) is 20.2 Å². The summed E-state index contributed by atoms with van der Waals surface area (Å²) in [6.45, 7) is 5.84. The van der Waals surface area contributed by atoms with Crippen molar-refractivity contribution < 1.29 is 0 Å². The highest BCUT2D eigenvalue weighted by atomic mass is 35.5. The van der Waals surface area contributed by atoms with Crippen LogP contribution in [0.4, 0.5) is 0 Å². The molecule has 6 heteroatoms. The maximum atomic E-state index is 5.90. The van der Waals surface area contributed by atoms with Crippen LogP contribution in [0.15, 0.2) is 22.6 Å². The fourth-order valence-electron chi connectivity index (χ4n) is 1.17. The second-order valence-corrected chi connectivity index (χ2v) is 5.00. The van der Waals surface area contributed by atoms with Crippen molar-refractivity contribution >= 4 is 23.4 Å². The molecule has 0 atom stereocenters. The summed E-state index contributed by atoms with van der Waals surface area (Å²) in [4.78, 5) is 8.44. The third-order valence-electron chi connectivity index (χ3n) is 2.37. The lowest BCUT2D eigenvalue weighted by Crippen LogP contribution is -1.96. The molecule has 0 aliphatic heterocycles. The summed E-state index contributed by atoms with van der Waals surface area (Å²) in [6, 6.07) is 0. The second kappa shape index (κ2) is 4.98. The van der Waals surface area contributed by atoms with E-state index in [9.17, 15) is 0 Å². The molecule has 0 unspecified atom stereocenters. The number of hydrogen-bond donors (Lipinski definition) is 0. The van der Waals surface area contributed by atoms with Crippen LogP contribution in [0.1, 0.15) is 16.7 Å². The van der Waals surface area contributed by atoms with E-state index in [1.807, 2.05) is 20.8 Å². The number of hydrogen-bond acceptors (Lipinski definition) is 5. The Balaban J connectivity index is 2.30. The molecular formula is C11H11ClN4S. The summed E-state index contributed by atoms with van der Waals surface area (Å²) in [7, 11) is 0. The number of halogens is 1. The van der Waals surface area contributed by atoms with Gasteiger partial charge >= 0.3 is 0 Å². The van der Waals surface area contributed by atoms with Gasteiger partial charge in [-0.25, -0.2) is 9.97 Å². The van der Waals surface area contributed by atoms with Gasteiger partial charge in [-0.15, -0.1) is 10.2 Å². The minimum absolute atomic E-state index is 0.441. The molecule has 0 saturated heterocycles. The van der Waals surface area contributed by atoms with Gasteiger partial charge in [-0.3, -0.25) is 0 Å². The van der Waals surface area contributed by atoms with Crippen LogP contribution in [0.2, 0.25) is 5.15 Å². The summed E-state index contributed by atoms with van der Waals surface area (Å²) < 4.78 is 0. The lowest BCUT2D eigenvalue weighted by Gasteiger charge is -2.06. The molecule has 4 nitrogen and oxygen atoms in total. The summed E-state index contributed by atoms with van der Waals surface area (Å²) >= 11 is 7.29. The molecule has 2 aromatic rings. The van der Waals surface area contributed by atoms with Crippen LogP contribution >= 0.6 is 23.4 Å². The Morgan fingerprint density at radius 3 is 2.29 bits per heavy atom. The van der Waals surface area contributed by atoms with Crippen LogP contribution in [-0.2, 0) is 0 Å². The molecule has 2 heterocycles. The minimum Gasteiger partial charge on any atom is -0.231 e. The van der Waals surface area contributed by atoms with Crippen molar-refractivity contribution in [2.45, 2.75) is 31.0 Å². The molecule has 0 aromatic carbocycles. The topological polar surface area (TPSA) is 51.6 Å². The maximum Gasteiger partial charge on any atom is 0.193 e. The van der Waals surface area contributed by atoms with Crippen molar-refractivity contribution in [1.29, 1.82) is 0 Å². The predicted molar refractivity (Wildman–Crippen MR) is 67.4 cm³/mol. The number of aromatic nitrogens is 4. The van der Waals surface area contributed by atoms with Crippen molar-refractivity contribution in [1.82, 2.24) is 20.2 Å². The summed E-state index contributed by atoms with van der Waals surface area (Å²) in [6.07, 6.45) is 3.56. The van der Waals surface area contributed by atoms with Gasteiger partial charge in [0.15, 0.2) is 10.3 Å². The molecular weight excluding hydrogens is 256 g/mol. The van der Waals surface area contributed by atoms with Gasteiger partial charge in [0, 0.05) is 12.4 Å². The van der Waals surface area contributed by atoms with Gasteiger partial charge < -0.3 is 0 Å². The van der Waals surface area contributed by atoms with Gasteiger partial charge in [0.05, 0.1) is 0 Å². The summed E-state index contributed by atoms with van der Waals surface area (Å²) in [5.74, 6) is 0. The Labute approximate surface area is 109 Å². The van der Waals surface area contributed by atoms with Crippen LogP contribution in [0, 0.1) is 20.8 Å². The predicted octanol–water partition coefficient (Wildman–Crippen LogP) is 3.00. The lowest BCUT2D eigenvalue weighted by molar-refractivity contribution is 0.879. The monoisotopic (exact) mass is 266 g/mol. The second-order valence-electron chi connectivity index (χ2n) is 3.69. The van der Waals surface area contributed by atoms with E-state index < -0.39 is 0 Å². The molecule has 0 spiro atoms. The highest BCUT2D eigenvalue weighted by molar-refractivity contribution is 7.99. The van der Waals surface area contributed by atoms with E-state index in [1.54, 1.807) is 12.4 Å². The molecule has 0 radical (unpaired) electrons. The molecule has 0 N–H and O–H groups in total. The first-order valence-corrected chi connectivity index (χ1v) is 6.23. The number of nitrogens with zero attached hydrogens (tertiary/aromatic N) is 4. The minimum atomic E-state index is 0.441.